The monoisotopic (exact) mass is 323 g/mol. The molecule has 3 nitrogen and oxygen atoms in total. The molecule has 0 spiro atoms. The van der Waals surface area contributed by atoms with E-state index in [1.54, 1.807) is 18.2 Å². The fourth-order valence-electron chi connectivity index (χ4n) is 1.42. The van der Waals surface area contributed by atoms with E-state index >= 15 is 0 Å². The van der Waals surface area contributed by atoms with Gasteiger partial charge in [-0.2, -0.15) is 0 Å². The maximum Gasteiger partial charge on any atom is 0.242 e. The summed E-state index contributed by atoms with van der Waals surface area (Å²) in [5, 5.41) is 0.879. The van der Waals surface area contributed by atoms with E-state index in [-0.39, 0.29) is 15.5 Å². The Labute approximate surface area is 108 Å². The second-order valence-corrected chi connectivity index (χ2v) is 6.57. The zero-order valence-corrected chi connectivity index (χ0v) is 11.6. The lowest BCUT2D eigenvalue weighted by Gasteiger charge is -2.15. The van der Waals surface area contributed by atoms with Crippen LogP contribution in [-0.4, -0.2) is 19.3 Å². The van der Waals surface area contributed by atoms with Crippen molar-refractivity contribution >= 4 is 37.6 Å². The van der Waals surface area contributed by atoms with Crippen molar-refractivity contribution in [2.45, 2.75) is 23.3 Å². The Bertz CT molecular complexity index is 499. The van der Waals surface area contributed by atoms with E-state index in [1.165, 1.54) is 6.07 Å². The fourth-order valence-corrected chi connectivity index (χ4v) is 4.28. The molecule has 0 aromatic heterocycles. The van der Waals surface area contributed by atoms with Crippen molar-refractivity contribution in [3.8, 4) is 0 Å². The van der Waals surface area contributed by atoms with Gasteiger partial charge in [-0.15, -0.1) is 0 Å². The van der Waals surface area contributed by atoms with Crippen molar-refractivity contribution in [3.63, 3.8) is 0 Å². The minimum absolute atomic E-state index is 0.142. The van der Waals surface area contributed by atoms with Crippen LogP contribution in [0.25, 0.3) is 0 Å². The summed E-state index contributed by atoms with van der Waals surface area (Å²) < 4.78 is 26.8. The summed E-state index contributed by atoms with van der Waals surface area (Å²) in [6, 6.07) is 6.45. The van der Waals surface area contributed by atoms with Crippen molar-refractivity contribution in [1.82, 2.24) is 4.72 Å². The number of nitrogens with one attached hydrogen (secondary N) is 1. The first-order chi connectivity index (χ1) is 7.49. The van der Waals surface area contributed by atoms with Gasteiger partial charge in [0.2, 0.25) is 10.0 Å². The van der Waals surface area contributed by atoms with Crippen LogP contribution >= 0.6 is 27.5 Å². The molecule has 0 aliphatic heterocycles. The zero-order valence-electron chi connectivity index (χ0n) is 8.41. The zero-order chi connectivity index (χ0) is 11.8. The van der Waals surface area contributed by atoms with Crippen molar-refractivity contribution in [1.29, 1.82) is 0 Å². The highest BCUT2D eigenvalue weighted by Gasteiger charge is 2.45. The number of hydrogen-bond donors (Lipinski definition) is 1. The first kappa shape index (κ1) is 12.4. The molecule has 0 radical (unpaired) electrons. The average molecular weight is 325 g/mol. The van der Waals surface area contributed by atoms with E-state index in [0.717, 1.165) is 12.8 Å². The van der Waals surface area contributed by atoms with Gasteiger partial charge >= 0.3 is 0 Å². The molecule has 6 heteroatoms. The second-order valence-electron chi connectivity index (χ2n) is 3.95. The third-order valence-electron chi connectivity index (χ3n) is 2.59. The molecular weight excluding hydrogens is 314 g/mol. The Kier molecular flexibility index (Phi) is 3.32. The van der Waals surface area contributed by atoms with Crippen LogP contribution in [0.1, 0.15) is 12.8 Å². The molecule has 2 rings (SSSR count). The van der Waals surface area contributed by atoms with Gasteiger partial charge in [0.15, 0.2) is 0 Å². The normalized spacial score (nSPS) is 18.4. The van der Waals surface area contributed by atoms with Gasteiger partial charge in [-0.1, -0.05) is 39.7 Å². The Morgan fingerprint density at radius 3 is 2.50 bits per heavy atom. The van der Waals surface area contributed by atoms with Gasteiger partial charge < -0.3 is 0 Å². The molecule has 0 amide bonds. The summed E-state index contributed by atoms with van der Waals surface area (Å²) in [5.74, 6) is 0. The number of alkyl halides is 1. The van der Waals surface area contributed by atoms with Crippen LogP contribution in [0.4, 0.5) is 0 Å². The minimum Gasteiger partial charge on any atom is -0.207 e. The highest BCUT2D eigenvalue weighted by atomic mass is 79.9. The Morgan fingerprint density at radius 2 is 2.00 bits per heavy atom. The number of halogens is 2. The lowest BCUT2D eigenvalue weighted by molar-refractivity contribution is 0.561. The SMILES string of the molecule is O=S(=O)(NC1(CBr)CC1)c1ccccc1Cl. The minimum atomic E-state index is -3.51. The van der Waals surface area contributed by atoms with E-state index in [0.29, 0.717) is 5.33 Å². The summed E-state index contributed by atoms with van der Waals surface area (Å²) >= 11 is 9.19. The molecule has 16 heavy (non-hydrogen) atoms. The maximum atomic E-state index is 12.1. The molecule has 0 atom stereocenters. The van der Waals surface area contributed by atoms with Crippen LogP contribution in [-0.2, 0) is 10.0 Å². The van der Waals surface area contributed by atoms with Crippen molar-refractivity contribution in [2.75, 3.05) is 5.33 Å². The molecule has 1 aliphatic carbocycles. The van der Waals surface area contributed by atoms with Gasteiger partial charge in [0.25, 0.3) is 0 Å². The molecule has 1 saturated carbocycles. The van der Waals surface area contributed by atoms with Gasteiger partial charge in [0.1, 0.15) is 4.90 Å². The standard InChI is InChI=1S/C10H11BrClNO2S/c11-7-10(5-6-10)13-16(14,15)9-4-2-1-3-8(9)12/h1-4,13H,5-7H2. The molecule has 0 unspecified atom stereocenters. The molecule has 1 aliphatic rings. The number of hydrogen-bond acceptors (Lipinski definition) is 2. The number of benzene rings is 1. The smallest absolute Gasteiger partial charge is 0.207 e. The van der Waals surface area contributed by atoms with Crippen molar-refractivity contribution < 1.29 is 8.42 Å². The van der Waals surface area contributed by atoms with Gasteiger partial charge in [0.05, 0.1) is 5.02 Å². The molecule has 0 bridgehead atoms. The fraction of sp³-hybridized carbons (Fsp3) is 0.400. The highest BCUT2D eigenvalue weighted by molar-refractivity contribution is 9.09. The topological polar surface area (TPSA) is 46.2 Å². The van der Waals surface area contributed by atoms with Crippen LogP contribution < -0.4 is 4.72 Å². The maximum absolute atomic E-state index is 12.1. The molecule has 1 aromatic rings. The summed E-state index contributed by atoms with van der Waals surface area (Å²) in [6.07, 6.45) is 1.73. The van der Waals surface area contributed by atoms with Gasteiger partial charge in [0, 0.05) is 10.9 Å². The number of sulfonamides is 1. The molecule has 0 saturated heterocycles. The van der Waals surface area contributed by atoms with Crippen LogP contribution in [0, 0.1) is 0 Å². The highest BCUT2D eigenvalue weighted by Crippen LogP contribution is 2.38. The Morgan fingerprint density at radius 1 is 1.38 bits per heavy atom. The van der Waals surface area contributed by atoms with Gasteiger partial charge in [-0.05, 0) is 25.0 Å². The lowest BCUT2D eigenvalue weighted by atomic mass is 10.4. The predicted molar refractivity (Wildman–Crippen MR) is 67.5 cm³/mol. The van der Waals surface area contributed by atoms with Crippen LogP contribution in [0.3, 0.4) is 0 Å². The molecular formula is C10H11BrClNO2S. The molecule has 1 fully saturated rings. The van der Waals surface area contributed by atoms with E-state index in [2.05, 4.69) is 20.7 Å². The first-order valence-electron chi connectivity index (χ1n) is 4.84. The molecule has 1 aromatic carbocycles. The largest absolute Gasteiger partial charge is 0.242 e. The quantitative estimate of drug-likeness (QED) is 0.865. The van der Waals surface area contributed by atoms with E-state index in [4.69, 9.17) is 11.6 Å². The third-order valence-corrected chi connectivity index (χ3v) is 5.74. The summed E-state index contributed by atoms with van der Waals surface area (Å²) in [5.41, 5.74) is -0.308. The van der Waals surface area contributed by atoms with E-state index in [1.807, 2.05) is 0 Å². The predicted octanol–water partition coefficient (Wildman–Crippen LogP) is 2.55. The van der Waals surface area contributed by atoms with Crippen molar-refractivity contribution in [2.24, 2.45) is 0 Å². The lowest BCUT2D eigenvalue weighted by Crippen LogP contribution is -2.38. The summed E-state index contributed by atoms with van der Waals surface area (Å²) in [6.45, 7) is 0. The van der Waals surface area contributed by atoms with E-state index < -0.39 is 10.0 Å². The van der Waals surface area contributed by atoms with Gasteiger partial charge in [-0.25, -0.2) is 13.1 Å². The van der Waals surface area contributed by atoms with Gasteiger partial charge in [-0.3, -0.25) is 0 Å². The molecule has 88 valence electrons. The third kappa shape index (κ3) is 2.42. The van der Waals surface area contributed by atoms with Crippen molar-refractivity contribution in [3.05, 3.63) is 29.3 Å². The Hall–Kier alpha value is -0.100. The van der Waals surface area contributed by atoms with Crippen LogP contribution in [0.2, 0.25) is 5.02 Å². The molecule has 0 heterocycles. The summed E-state index contributed by atoms with van der Waals surface area (Å²) in [7, 11) is -3.51. The summed E-state index contributed by atoms with van der Waals surface area (Å²) in [4.78, 5) is 0.142. The number of rotatable bonds is 4. The van der Waals surface area contributed by atoms with Crippen LogP contribution in [0.5, 0.6) is 0 Å². The van der Waals surface area contributed by atoms with Crippen LogP contribution in [0.15, 0.2) is 29.2 Å². The first-order valence-corrected chi connectivity index (χ1v) is 7.82. The Balaban J connectivity index is 2.30. The molecule has 1 N–H and O–H groups in total. The van der Waals surface area contributed by atoms with E-state index in [9.17, 15) is 8.42 Å². The average Bonchev–Trinajstić information content (AvgIpc) is 2.98. The second kappa shape index (κ2) is 4.29.